The van der Waals surface area contributed by atoms with Crippen molar-refractivity contribution in [3.8, 4) is 0 Å². The molecule has 0 rings (SSSR count). The lowest BCUT2D eigenvalue weighted by Crippen LogP contribution is -2.58. The van der Waals surface area contributed by atoms with Gasteiger partial charge in [0.05, 0.1) is 6.61 Å². The standard InChI is InChI=1S/C19H33N5O9/c1-3-9(2)15(19(32)33)24-18(31)11(4-6-13(21)26)23-17(30)12(5-7-14(27)28)22-16(29)10(20)8-25/h9-12,15,25H,3-8,20H2,1-2H3,(H2,21,26)(H,22,29)(H,23,30)(H,24,31)(H,27,28)(H,32,33). The van der Waals surface area contributed by atoms with E-state index in [0.717, 1.165) is 0 Å². The highest BCUT2D eigenvalue weighted by atomic mass is 16.4. The van der Waals surface area contributed by atoms with Gasteiger partial charge in [0.15, 0.2) is 0 Å². The number of hydrogen-bond acceptors (Lipinski definition) is 8. The van der Waals surface area contributed by atoms with Gasteiger partial charge in [-0.25, -0.2) is 4.79 Å². The maximum atomic E-state index is 12.7. The van der Waals surface area contributed by atoms with Crippen LogP contribution in [-0.2, 0) is 28.8 Å². The molecule has 14 nitrogen and oxygen atoms in total. The van der Waals surface area contributed by atoms with Gasteiger partial charge in [0.25, 0.3) is 0 Å². The first-order valence-corrected chi connectivity index (χ1v) is 10.3. The summed E-state index contributed by atoms with van der Waals surface area (Å²) < 4.78 is 0. The van der Waals surface area contributed by atoms with E-state index < -0.39 is 78.7 Å². The summed E-state index contributed by atoms with van der Waals surface area (Å²) in [5.74, 6) is -6.55. The largest absolute Gasteiger partial charge is 0.481 e. The lowest BCUT2D eigenvalue weighted by Gasteiger charge is -2.26. The Hall–Kier alpha value is -3.26. The number of aliphatic hydroxyl groups is 1. The highest BCUT2D eigenvalue weighted by Crippen LogP contribution is 2.10. The minimum absolute atomic E-state index is 0.268. The zero-order chi connectivity index (χ0) is 25.7. The third-order valence-corrected chi connectivity index (χ3v) is 4.90. The van der Waals surface area contributed by atoms with Gasteiger partial charge in [-0.05, 0) is 18.8 Å². The molecular formula is C19H33N5O9. The fourth-order valence-electron chi connectivity index (χ4n) is 2.66. The van der Waals surface area contributed by atoms with Crippen LogP contribution in [0.25, 0.3) is 0 Å². The van der Waals surface area contributed by atoms with Gasteiger partial charge < -0.3 is 42.7 Å². The first kappa shape index (κ1) is 29.7. The fourth-order valence-corrected chi connectivity index (χ4v) is 2.66. The van der Waals surface area contributed by atoms with Crippen LogP contribution in [0.5, 0.6) is 0 Å². The number of hydrogen-bond donors (Lipinski definition) is 8. The maximum absolute atomic E-state index is 12.7. The van der Waals surface area contributed by atoms with Crippen molar-refractivity contribution < 1.29 is 44.1 Å². The van der Waals surface area contributed by atoms with E-state index in [2.05, 4.69) is 16.0 Å². The Morgan fingerprint density at radius 2 is 1.33 bits per heavy atom. The lowest BCUT2D eigenvalue weighted by molar-refractivity contribution is -0.144. The molecule has 5 unspecified atom stereocenters. The van der Waals surface area contributed by atoms with E-state index in [0.29, 0.717) is 6.42 Å². The van der Waals surface area contributed by atoms with Crippen molar-refractivity contribution in [3.63, 3.8) is 0 Å². The molecule has 4 amide bonds. The monoisotopic (exact) mass is 475 g/mol. The average molecular weight is 475 g/mol. The summed E-state index contributed by atoms with van der Waals surface area (Å²) in [6, 6.07) is -5.46. The molecule has 0 bridgehead atoms. The van der Waals surface area contributed by atoms with Gasteiger partial charge >= 0.3 is 11.9 Å². The number of aliphatic carboxylic acids is 2. The predicted molar refractivity (Wildman–Crippen MR) is 113 cm³/mol. The quantitative estimate of drug-likeness (QED) is 0.112. The Labute approximate surface area is 190 Å². The first-order valence-electron chi connectivity index (χ1n) is 10.3. The van der Waals surface area contributed by atoms with E-state index in [-0.39, 0.29) is 19.3 Å². The molecule has 0 aliphatic rings. The highest BCUT2D eigenvalue weighted by Gasteiger charge is 2.32. The molecule has 14 heteroatoms. The third kappa shape index (κ3) is 11.2. The van der Waals surface area contributed by atoms with Crippen LogP contribution in [0.3, 0.4) is 0 Å². The van der Waals surface area contributed by atoms with E-state index in [1.54, 1.807) is 13.8 Å². The van der Waals surface area contributed by atoms with Gasteiger partial charge in [0.2, 0.25) is 23.6 Å². The minimum Gasteiger partial charge on any atom is -0.481 e. The highest BCUT2D eigenvalue weighted by molar-refractivity contribution is 5.94. The normalized spacial score (nSPS) is 15.3. The summed E-state index contributed by atoms with van der Waals surface area (Å²) in [6.07, 6.45) is -1.03. The van der Waals surface area contributed by atoms with Crippen molar-refractivity contribution in [1.82, 2.24) is 16.0 Å². The van der Waals surface area contributed by atoms with Gasteiger partial charge in [-0.15, -0.1) is 0 Å². The molecule has 33 heavy (non-hydrogen) atoms. The predicted octanol–water partition coefficient (Wildman–Crippen LogP) is -2.98. The second kappa shape index (κ2) is 14.7. The van der Waals surface area contributed by atoms with Crippen molar-refractivity contribution in [2.75, 3.05) is 6.61 Å². The molecule has 0 heterocycles. The molecule has 10 N–H and O–H groups in total. The second-order valence-corrected chi connectivity index (χ2v) is 7.56. The van der Waals surface area contributed by atoms with E-state index >= 15 is 0 Å². The van der Waals surface area contributed by atoms with Crippen LogP contribution < -0.4 is 27.4 Å². The summed E-state index contributed by atoms with van der Waals surface area (Å²) in [7, 11) is 0. The number of primary amides is 1. The molecule has 188 valence electrons. The molecule has 0 aliphatic carbocycles. The zero-order valence-electron chi connectivity index (χ0n) is 18.6. The van der Waals surface area contributed by atoms with Gasteiger partial charge in [0.1, 0.15) is 24.2 Å². The Kier molecular flexibility index (Phi) is 13.3. The number of carbonyl (C=O) groups is 6. The number of carboxylic acids is 2. The number of amides is 4. The molecule has 0 radical (unpaired) electrons. The number of rotatable bonds is 16. The molecule has 0 spiro atoms. The second-order valence-electron chi connectivity index (χ2n) is 7.56. The zero-order valence-corrected chi connectivity index (χ0v) is 18.6. The van der Waals surface area contributed by atoms with Crippen molar-refractivity contribution in [2.45, 2.75) is 70.1 Å². The Morgan fingerprint density at radius 1 is 0.848 bits per heavy atom. The van der Waals surface area contributed by atoms with Crippen molar-refractivity contribution in [1.29, 1.82) is 0 Å². The van der Waals surface area contributed by atoms with Crippen LogP contribution in [0.2, 0.25) is 0 Å². The lowest BCUT2D eigenvalue weighted by atomic mass is 9.98. The third-order valence-electron chi connectivity index (χ3n) is 4.90. The number of nitrogens with two attached hydrogens (primary N) is 2. The Morgan fingerprint density at radius 3 is 1.76 bits per heavy atom. The SMILES string of the molecule is CCC(C)C(NC(=O)C(CCC(N)=O)NC(=O)C(CCC(=O)O)NC(=O)C(N)CO)C(=O)O. The molecule has 0 aromatic heterocycles. The van der Waals surface area contributed by atoms with E-state index in [4.69, 9.17) is 21.7 Å². The number of aliphatic hydroxyl groups excluding tert-OH is 1. The molecule has 0 saturated heterocycles. The summed E-state index contributed by atoms with van der Waals surface area (Å²) in [5.41, 5.74) is 10.5. The summed E-state index contributed by atoms with van der Waals surface area (Å²) in [4.78, 5) is 71.0. The van der Waals surface area contributed by atoms with E-state index in [9.17, 15) is 33.9 Å². The molecule has 0 saturated carbocycles. The van der Waals surface area contributed by atoms with Crippen LogP contribution in [0.15, 0.2) is 0 Å². The van der Waals surface area contributed by atoms with Crippen LogP contribution >= 0.6 is 0 Å². The topological polar surface area (TPSA) is 251 Å². The van der Waals surface area contributed by atoms with E-state index in [1.807, 2.05) is 0 Å². The van der Waals surface area contributed by atoms with Crippen molar-refractivity contribution in [2.24, 2.45) is 17.4 Å². The average Bonchev–Trinajstić information content (AvgIpc) is 2.75. The summed E-state index contributed by atoms with van der Waals surface area (Å²) >= 11 is 0. The molecule has 0 aromatic rings. The summed E-state index contributed by atoms with van der Waals surface area (Å²) in [5, 5.41) is 34.1. The van der Waals surface area contributed by atoms with Crippen LogP contribution in [0.4, 0.5) is 0 Å². The smallest absolute Gasteiger partial charge is 0.326 e. The summed E-state index contributed by atoms with van der Waals surface area (Å²) in [6.45, 7) is 2.61. The van der Waals surface area contributed by atoms with Crippen molar-refractivity contribution >= 4 is 35.6 Å². The molecule has 5 atom stereocenters. The molecule has 0 aliphatic heterocycles. The van der Waals surface area contributed by atoms with Gasteiger partial charge in [-0.1, -0.05) is 20.3 Å². The minimum atomic E-state index is -1.43. The number of carbonyl (C=O) groups excluding carboxylic acids is 4. The van der Waals surface area contributed by atoms with E-state index in [1.165, 1.54) is 0 Å². The molecule has 0 fully saturated rings. The van der Waals surface area contributed by atoms with Gasteiger partial charge in [-0.3, -0.25) is 24.0 Å². The van der Waals surface area contributed by atoms with Gasteiger partial charge in [-0.2, -0.15) is 0 Å². The van der Waals surface area contributed by atoms with Crippen LogP contribution in [-0.4, -0.2) is 81.7 Å². The fraction of sp³-hybridized carbons (Fsp3) is 0.684. The molecular weight excluding hydrogens is 442 g/mol. The van der Waals surface area contributed by atoms with Crippen molar-refractivity contribution in [3.05, 3.63) is 0 Å². The van der Waals surface area contributed by atoms with Crippen LogP contribution in [0.1, 0.15) is 46.0 Å². The first-order chi connectivity index (χ1) is 15.3. The van der Waals surface area contributed by atoms with Crippen LogP contribution in [0, 0.1) is 5.92 Å². The Balaban J connectivity index is 5.63. The molecule has 0 aromatic carbocycles. The Bertz CT molecular complexity index is 730. The van der Waals surface area contributed by atoms with Gasteiger partial charge in [0, 0.05) is 12.8 Å². The maximum Gasteiger partial charge on any atom is 0.326 e. The number of nitrogens with one attached hydrogen (secondary N) is 3. The number of carboxylic acid groups (broad SMARTS) is 2.